The average molecular weight is 256 g/mol. The van der Waals surface area contributed by atoms with Crippen LogP contribution in [0.4, 0.5) is 0 Å². The van der Waals surface area contributed by atoms with E-state index in [0.29, 0.717) is 0 Å². The van der Waals surface area contributed by atoms with Crippen LogP contribution in [-0.4, -0.2) is 35.6 Å². The smallest absolute Gasteiger partial charge is 0.231 e. The Morgan fingerprint density at radius 1 is 0.778 bits per heavy atom. The molecule has 6 heteroatoms. The summed E-state index contributed by atoms with van der Waals surface area (Å²) in [4.78, 5) is 16.7. The normalized spacial score (nSPS) is 5.56. The summed E-state index contributed by atoms with van der Waals surface area (Å²) in [6.07, 6.45) is 1.50. The first-order valence-corrected chi connectivity index (χ1v) is 4.95. The fourth-order valence-electron chi connectivity index (χ4n) is 0.385. The molecule has 0 amide bonds. The Kier molecular flexibility index (Phi) is 63.9. The lowest BCUT2D eigenvalue weighted by molar-refractivity contribution is 0.318. The van der Waals surface area contributed by atoms with Crippen molar-refractivity contribution in [1.82, 2.24) is 0 Å². The molecule has 0 saturated carbocycles. The predicted octanol–water partition coefficient (Wildman–Crippen LogP) is 1.49. The third-order valence-corrected chi connectivity index (χ3v) is 0.667. The van der Waals surface area contributed by atoms with Crippen LogP contribution in [0.25, 0.3) is 0 Å². The lowest BCUT2D eigenvalue weighted by Crippen LogP contribution is -1.57. The van der Waals surface area contributed by atoms with Crippen LogP contribution in [0.15, 0.2) is 36.4 Å². The first-order valence-electron chi connectivity index (χ1n) is 4.95. The van der Waals surface area contributed by atoms with Gasteiger partial charge >= 0.3 is 0 Å². The fraction of sp³-hybridized carbons (Fsp3) is 0.333. The zero-order valence-electron chi connectivity index (χ0n) is 10.6. The second-order valence-corrected chi connectivity index (χ2v) is 1.99. The van der Waals surface area contributed by atoms with Gasteiger partial charge in [-0.15, -0.1) is 0 Å². The highest BCUT2D eigenvalue weighted by Crippen LogP contribution is 1.79. The van der Waals surface area contributed by atoms with Crippen molar-refractivity contribution < 1.29 is 19.8 Å². The van der Waals surface area contributed by atoms with Crippen molar-refractivity contribution in [2.45, 2.75) is 13.8 Å². The van der Waals surface area contributed by atoms with Crippen LogP contribution in [0.1, 0.15) is 13.8 Å². The monoisotopic (exact) mass is 256 g/mol. The lowest BCUT2D eigenvalue weighted by atomic mass is 10.4. The molecule has 6 nitrogen and oxygen atoms in total. The molecule has 0 unspecified atom stereocenters. The molecule has 0 aliphatic carbocycles. The van der Waals surface area contributed by atoms with E-state index in [-0.39, 0.29) is 13.2 Å². The minimum Gasteiger partial charge on any atom is -0.397 e. The minimum absolute atomic E-state index is 0.250. The van der Waals surface area contributed by atoms with Crippen LogP contribution in [0, 0.1) is 10.8 Å². The Bertz CT molecular complexity index is 226. The SMILES string of the molecule is CCO.CCO.N=C=O.N=C=O.c1ccccc1. The van der Waals surface area contributed by atoms with Gasteiger partial charge in [-0.3, -0.25) is 0 Å². The molecule has 1 aromatic rings. The summed E-state index contributed by atoms with van der Waals surface area (Å²) in [7, 11) is 0. The maximum atomic E-state index is 8.35. The molecule has 0 saturated heterocycles. The predicted molar refractivity (Wildman–Crippen MR) is 68.8 cm³/mol. The van der Waals surface area contributed by atoms with E-state index in [4.69, 9.17) is 30.6 Å². The molecule has 1 rings (SSSR count). The van der Waals surface area contributed by atoms with Gasteiger partial charge in [-0.05, 0) is 13.8 Å². The van der Waals surface area contributed by atoms with Crippen LogP contribution < -0.4 is 0 Å². The van der Waals surface area contributed by atoms with Gasteiger partial charge in [0.05, 0.1) is 0 Å². The summed E-state index contributed by atoms with van der Waals surface area (Å²) in [5.41, 5.74) is 0. The number of hydrogen-bond donors (Lipinski definition) is 4. The summed E-state index contributed by atoms with van der Waals surface area (Å²) < 4.78 is 0. The molecular formula is C12H20N2O4. The average Bonchev–Trinajstić information content (AvgIpc) is 2.35. The molecule has 0 aromatic heterocycles. The summed E-state index contributed by atoms with van der Waals surface area (Å²) >= 11 is 0. The summed E-state index contributed by atoms with van der Waals surface area (Å²) in [5, 5.41) is 25.9. The van der Waals surface area contributed by atoms with Crippen molar-refractivity contribution in [2.24, 2.45) is 0 Å². The molecule has 0 radical (unpaired) electrons. The van der Waals surface area contributed by atoms with E-state index in [1.54, 1.807) is 13.8 Å². The third kappa shape index (κ3) is 152. The maximum absolute atomic E-state index is 8.35. The maximum Gasteiger partial charge on any atom is 0.231 e. The van der Waals surface area contributed by atoms with Gasteiger partial charge in [0, 0.05) is 13.2 Å². The van der Waals surface area contributed by atoms with Crippen molar-refractivity contribution in [3.8, 4) is 0 Å². The summed E-state index contributed by atoms with van der Waals surface area (Å²) in [6.45, 7) is 3.86. The van der Waals surface area contributed by atoms with E-state index in [2.05, 4.69) is 0 Å². The van der Waals surface area contributed by atoms with Crippen LogP contribution in [0.2, 0.25) is 0 Å². The molecule has 4 N–H and O–H groups in total. The number of aliphatic hydroxyl groups excluding tert-OH is 2. The Hall–Kier alpha value is -2.10. The van der Waals surface area contributed by atoms with Gasteiger partial charge in [0.1, 0.15) is 0 Å². The number of benzene rings is 1. The largest absolute Gasteiger partial charge is 0.397 e. The Morgan fingerprint density at radius 2 is 0.833 bits per heavy atom. The van der Waals surface area contributed by atoms with E-state index in [1.807, 2.05) is 36.4 Å². The lowest BCUT2D eigenvalue weighted by Gasteiger charge is -1.69. The van der Waals surface area contributed by atoms with Crippen molar-refractivity contribution in [3.05, 3.63) is 36.4 Å². The second-order valence-electron chi connectivity index (χ2n) is 1.99. The summed E-state index contributed by atoms with van der Waals surface area (Å²) in [5.74, 6) is 0. The molecule has 0 spiro atoms. The zero-order valence-corrected chi connectivity index (χ0v) is 10.6. The molecule has 102 valence electrons. The summed E-state index contributed by atoms with van der Waals surface area (Å²) in [6, 6.07) is 12.0. The van der Waals surface area contributed by atoms with Crippen molar-refractivity contribution in [2.75, 3.05) is 13.2 Å². The molecule has 0 bridgehead atoms. The van der Waals surface area contributed by atoms with Gasteiger partial charge < -0.3 is 10.2 Å². The molecule has 1 aromatic carbocycles. The molecule has 0 heterocycles. The highest BCUT2D eigenvalue weighted by molar-refractivity contribution is 5.26. The molecule has 18 heavy (non-hydrogen) atoms. The van der Waals surface area contributed by atoms with Gasteiger partial charge in [0.2, 0.25) is 12.2 Å². The number of isocyanates is 2. The number of rotatable bonds is 0. The molecule has 0 aliphatic rings. The number of nitrogens with one attached hydrogen (secondary N) is 2. The van der Waals surface area contributed by atoms with E-state index >= 15 is 0 Å². The first-order chi connectivity index (χ1) is 8.66. The minimum atomic E-state index is 0.250. The van der Waals surface area contributed by atoms with Crippen LogP contribution in [-0.2, 0) is 9.59 Å². The van der Waals surface area contributed by atoms with Crippen LogP contribution >= 0.6 is 0 Å². The van der Waals surface area contributed by atoms with Gasteiger partial charge in [-0.1, -0.05) is 36.4 Å². The molecular weight excluding hydrogens is 236 g/mol. The van der Waals surface area contributed by atoms with Crippen LogP contribution in [0.5, 0.6) is 0 Å². The standard InChI is InChI=1S/C6H6.2C2H6O.2CHNO/c1-2-4-6-5-3-1;2*1-2-3;2*2-1-3/h1-6H;2*3H,2H2,1H3;2*2H. The van der Waals surface area contributed by atoms with E-state index in [0.717, 1.165) is 12.2 Å². The van der Waals surface area contributed by atoms with Gasteiger partial charge in [0.25, 0.3) is 0 Å². The Morgan fingerprint density at radius 3 is 0.889 bits per heavy atom. The molecule has 0 fully saturated rings. The highest BCUT2D eigenvalue weighted by Gasteiger charge is 1.57. The van der Waals surface area contributed by atoms with Gasteiger partial charge in [-0.25, -0.2) is 20.4 Å². The fourth-order valence-corrected chi connectivity index (χ4v) is 0.385. The Labute approximate surface area is 107 Å². The van der Waals surface area contributed by atoms with Gasteiger partial charge in [0.15, 0.2) is 0 Å². The van der Waals surface area contributed by atoms with Crippen molar-refractivity contribution >= 4 is 12.2 Å². The zero-order chi connectivity index (χ0) is 15.1. The van der Waals surface area contributed by atoms with E-state index in [9.17, 15) is 0 Å². The Balaban J connectivity index is -0.0000000723. The number of aliphatic hydroxyl groups is 2. The molecule has 0 aliphatic heterocycles. The first kappa shape index (κ1) is 24.9. The van der Waals surface area contributed by atoms with Crippen molar-refractivity contribution in [1.29, 1.82) is 10.8 Å². The quantitative estimate of drug-likeness (QED) is 0.414. The van der Waals surface area contributed by atoms with E-state index < -0.39 is 0 Å². The van der Waals surface area contributed by atoms with Crippen LogP contribution in [0.3, 0.4) is 0 Å². The van der Waals surface area contributed by atoms with E-state index in [1.165, 1.54) is 0 Å². The highest BCUT2D eigenvalue weighted by atomic mass is 16.3. The van der Waals surface area contributed by atoms with Gasteiger partial charge in [-0.2, -0.15) is 0 Å². The third-order valence-electron chi connectivity index (χ3n) is 0.667. The topological polar surface area (TPSA) is 122 Å². The second kappa shape index (κ2) is 46.1. The van der Waals surface area contributed by atoms with Crippen molar-refractivity contribution in [3.63, 3.8) is 0 Å². The number of carbonyl (C=O) groups excluding carboxylic acids is 2. The molecule has 0 atom stereocenters. The number of hydrogen-bond acceptors (Lipinski definition) is 6.